The smallest absolute Gasteiger partial charge is 0.462 e. The fraction of sp³-hybridized carbons (Fsp3) is 0.938. The van der Waals surface area contributed by atoms with Crippen molar-refractivity contribution in [2.75, 3.05) is 60.6 Å². The molecule has 12 heteroatoms. The normalized spacial score (nSPS) is 13.9. The minimum atomic E-state index is -4.36. The summed E-state index contributed by atoms with van der Waals surface area (Å²) in [6.07, 6.45) is 19.1. The molecule has 0 amide bonds. The molecule has 11 nitrogen and oxygen atoms in total. The van der Waals surface area contributed by atoms with Crippen LogP contribution in [0.2, 0.25) is 0 Å². The van der Waals surface area contributed by atoms with Crippen LogP contribution in [-0.4, -0.2) is 88.0 Å². The molecule has 0 aromatic heterocycles. The third kappa shape index (κ3) is 30.9. The van der Waals surface area contributed by atoms with E-state index in [0.29, 0.717) is 17.4 Å². The standard InChI is InChI=1S/C32H66N3O8P/c1-35(2,3)26-27-41-44(38,39)42-29-30(43-32(37)23-19-15-11-7-5-9-13-17-21-25-34)28-40-31(36)22-18-14-10-6-4-8-12-16-20-24-33/h30H,4-29,33-34H2,1-3H3/p+1/t30-/m1/s1. The molecule has 44 heavy (non-hydrogen) atoms. The Hall–Kier alpha value is -1.07. The average molecular weight is 653 g/mol. The zero-order chi connectivity index (χ0) is 32.9. The number of rotatable bonds is 32. The Balaban J connectivity index is 4.47. The van der Waals surface area contributed by atoms with Gasteiger partial charge in [0.1, 0.15) is 19.8 Å². The number of phosphoric acid groups is 1. The number of ether oxygens (including phenoxy) is 2. The van der Waals surface area contributed by atoms with Crippen LogP contribution < -0.4 is 11.5 Å². The van der Waals surface area contributed by atoms with Gasteiger partial charge in [0.2, 0.25) is 0 Å². The van der Waals surface area contributed by atoms with Crippen molar-refractivity contribution >= 4 is 19.8 Å². The van der Waals surface area contributed by atoms with Crippen molar-refractivity contribution in [3.05, 3.63) is 0 Å². The lowest BCUT2D eigenvalue weighted by Crippen LogP contribution is -2.37. The van der Waals surface area contributed by atoms with E-state index in [1.807, 2.05) is 21.1 Å². The van der Waals surface area contributed by atoms with Crippen molar-refractivity contribution in [3.63, 3.8) is 0 Å². The maximum absolute atomic E-state index is 12.5. The summed E-state index contributed by atoms with van der Waals surface area (Å²) in [5.74, 6) is -0.833. The lowest BCUT2D eigenvalue weighted by Gasteiger charge is -2.24. The molecular formula is C32H67N3O8P+. The van der Waals surface area contributed by atoms with Crippen LogP contribution in [-0.2, 0) is 32.7 Å². The van der Waals surface area contributed by atoms with E-state index in [4.69, 9.17) is 30.0 Å². The topological polar surface area (TPSA) is 160 Å². The molecule has 0 saturated carbocycles. The summed E-state index contributed by atoms with van der Waals surface area (Å²) in [6.45, 7) is 1.40. The number of hydrogen-bond acceptors (Lipinski definition) is 9. The molecule has 0 radical (unpaired) electrons. The van der Waals surface area contributed by atoms with Crippen LogP contribution in [0.3, 0.4) is 0 Å². The van der Waals surface area contributed by atoms with E-state index in [1.54, 1.807) is 0 Å². The molecule has 0 rings (SSSR count). The van der Waals surface area contributed by atoms with Crippen molar-refractivity contribution < 1.29 is 42.1 Å². The second kappa shape index (κ2) is 28.2. The summed E-state index contributed by atoms with van der Waals surface area (Å²) in [5.41, 5.74) is 11.0. The summed E-state index contributed by atoms with van der Waals surface area (Å²) < 4.78 is 33.9. The summed E-state index contributed by atoms with van der Waals surface area (Å²) >= 11 is 0. The second-order valence-corrected chi connectivity index (χ2v) is 14.3. The van der Waals surface area contributed by atoms with E-state index in [0.717, 1.165) is 70.9 Å². The molecule has 1 unspecified atom stereocenters. The molecule has 2 atom stereocenters. The maximum atomic E-state index is 12.5. The molecular weight excluding hydrogens is 585 g/mol. The lowest BCUT2D eigenvalue weighted by molar-refractivity contribution is -0.870. The van der Waals surface area contributed by atoms with E-state index in [-0.39, 0.29) is 32.0 Å². The van der Waals surface area contributed by atoms with E-state index < -0.39 is 26.5 Å². The Morgan fingerprint density at radius 2 is 1.05 bits per heavy atom. The molecule has 0 saturated heterocycles. The van der Waals surface area contributed by atoms with Gasteiger partial charge >= 0.3 is 19.8 Å². The van der Waals surface area contributed by atoms with Gasteiger partial charge in [-0.1, -0.05) is 89.9 Å². The predicted molar refractivity (Wildman–Crippen MR) is 176 cm³/mol. The lowest BCUT2D eigenvalue weighted by atomic mass is 10.1. The highest BCUT2D eigenvalue weighted by atomic mass is 31.2. The van der Waals surface area contributed by atoms with E-state index in [9.17, 15) is 19.0 Å². The van der Waals surface area contributed by atoms with Crippen molar-refractivity contribution in [1.29, 1.82) is 0 Å². The molecule has 0 aliphatic heterocycles. The molecule has 0 bridgehead atoms. The third-order valence-electron chi connectivity index (χ3n) is 7.34. The van der Waals surface area contributed by atoms with Crippen LogP contribution in [0.1, 0.15) is 128 Å². The number of hydrogen-bond donors (Lipinski definition) is 3. The van der Waals surface area contributed by atoms with Crippen molar-refractivity contribution in [2.45, 2.75) is 135 Å². The van der Waals surface area contributed by atoms with Crippen molar-refractivity contribution in [3.8, 4) is 0 Å². The molecule has 5 N–H and O–H groups in total. The summed E-state index contributed by atoms with van der Waals surface area (Å²) in [7, 11) is 1.45. The van der Waals surface area contributed by atoms with Gasteiger partial charge in [-0.05, 0) is 38.8 Å². The fourth-order valence-electron chi connectivity index (χ4n) is 4.57. The fourth-order valence-corrected chi connectivity index (χ4v) is 5.31. The minimum absolute atomic E-state index is 0.0265. The van der Waals surface area contributed by atoms with Crippen molar-refractivity contribution in [2.24, 2.45) is 11.5 Å². The second-order valence-electron chi connectivity index (χ2n) is 12.8. The SMILES string of the molecule is C[N+](C)(C)CCOP(=O)(O)OC[C@@H](COC(=O)CCCCCCCCCCCN)OC(=O)CCCCCCCCCCCN. The zero-order valence-electron chi connectivity index (χ0n) is 28.3. The first-order valence-electron chi connectivity index (χ1n) is 17.2. The third-order valence-corrected chi connectivity index (χ3v) is 8.32. The maximum Gasteiger partial charge on any atom is 0.472 e. The van der Waals surface area contributed by atoms with E-state index >= 15 is 0 Å². The van der Waals surface area contributed by atoms with Crippen LogP contribution in [0.15, 0.2) is 0 Å². The molecule has 0 fully saturated rings. The Labute approximate surface area is 268 Å². The Morgan fingerprint density at radius 1 is 0.636 bits per heavy atom. The van der Waals surface area contributed by atoms with Crippen LogP contribution in [0, 0.1) is 0 Å². The first-order valence-corrected chi connectivity index (χ1v) is 18.7. The Kier molecular flexibility index (Phi) is 27.5. The number of quaternary nitrogens is 1. The number of esters is 2. The largest absolute Gasteiger partial charge is 0.472 e. The van der Waals surface area contributed by atoms with Gasteiger partial charge in [0.05, 0.1) is 27.7 Å². The quantitative estimate of drug-likeness (QED) is 0.0340. The van der Waals surface area contributed by atoms with Crippen LogP contribution in [0.5, 0.6) is 0 Å². The molecule has 262 valence electrons. The molecule has 0 aromatic rings. The van der Waals surface area contributed by atoms with Gasteiger partial charge in [-0.2, -0.15) is 0 Å². The monoisotopic (exact) mass is 652 g/mol. The highest BCUT2D eigenvalue weighted by Gasteiger charge is 2.27. The Morgan fingerprint density at radius 3 is 1.48 bits per heavy atom. The van der Waals surface area contributed by atoms with Gasteiger partial charge in [0.15, 0.2) is 6.10 Å². The van der Waals surface area contributed by atoms with Gasteiger partial charge in [-0.15, -0.1) is 0 Å². The molecule has 0 spiro atoms. The summed E-state index contributed by atoms with van der Waals surface area (Å²) in [6, 6.07) is 0. The molecule has 0 aliphatic carbocycles. The molecule has 0 aromatic carbocycles. The minimum Gasteiger partial charge on any atom is -0.462 e. The van der Waals surface area contributed by atoms with Gasteiger partial charge < -0.3 is 30.3 Å². The number of carbonyl (C=O) groups is 2. The van der Waals surface area contributed by atoms with E-state index in [1.165, 1.54) is 51.4 Å². The van der Waals surface area contributed by atoms with Gasteiger partial charge in [-0.25, -0.2) is 4.57 Å². The average Bonchev–Trinajstić information content (AvgIpc) is 2.95. The summed E-state index contributed by atoms with van der Waals surface area (Å²) in [5, 5.41) is 0. The number of nitrogens with zero attached hydrogens (tertiary/aromatic N) is 1. The number of phosphoric ester groups is 1. The van der Waals surface area contributed by atoms with Crippen LogP contribution >= 0.6 is 7.82 Å². The van der Waals surface area contributed by atoms with Gasteiger partial charge in [0, 0.05) is 12.8 Å². The first kappa shape index (κ1) is 42.9. The molecule has 0 heterocycles. The Bertz CT molecular complexity index is 752. The van der Waals surface area contributed by atoms with Gasteiger partial charge in [0.25, 0.3) is 0 Å². The number of likely N-dealkylation sites (N-methyl/N-ethyl adjacent to an activating group) is 1. The highest BCUT2D eigenvalue weighted by Crippen LogP contribution is 2.43. The number of unbranched alkanes of at least 4 members (excludes halogenated alkanes) is 16. The number of carbonyl (C=O) groups excluding carboxylic acids is 2. The van der Waals surface area contributed by atoms with E-state index in [2.05, 4.69) is 0 Å². The number of nitrogens with two attached hydrogens (primary N) is 2. The van der Waals surface area contributed by atoms with Crippen LogP contribution in [0.4, 0.5) is 0 Å². The van der Waals surface area contributed by atoms with Crippen LogP contribution in [0.25, 0.3) is 0 Å². The zero-order valence-corrected chi connectivity index (χ0v) is 29.2. The predicted octanol–water partition coefficient (Wildman–Crippen LogP) is 6.00. The molecule has 0 aliphatic rings. The first-order chi connectivity index (χ1) is 21.0. The summed E-state index contributed by atoms with van der Waals surface area (Å²) in [4.78, 5) is 34.9. The van der Waals surface area contributed by atoms with Gasteiger partial charge in [-0.3, -0.25) is 18.6 Å². The van der Waals surface area contributed by atoms with Crippen molar-refractivity contribution in [1.82, 2.24) is 0 Å². The highest BCUT2D eigenvalue weighted by molar-refractivity contribution is 7.47.